The molecule has 1 aromatic carbocycles. The first-order chi connectivity index (χ1) is 15.0. The normalized spacial score (nSPS) is 15.6. The Morgan fingerprint density at radius 2 is 1.78 bits per heavy atom. The number of carbonyl (C=O) groups is 3. The van der Waals surface area contributed by atoms with Crippen LogP contribution in [0.4, 0.5) is 4.79 Å². The molecule has 0 radical (unpaired) electrons. The first-order valence-electron chi connectivity index (χ1n) is 11.7. The van der Waals surface area contributed by atoms with E-state index in [1.54, 1.807) is 20.8 Å². The third-order valence-corrected chi connectivity index (χ3v) is 5.90. The Morgan fingerprint density at radius 3 is 2.38 bits per heavy atom. The van der Waals surface area contributed by atoms with Crippen LogP contribution >= 0.6 is 0 Å². The molecule has 7 heteroatoms. The summed E-state index contributed by atoms with van der Waals surface area (Å²) >= 11 is 0. The number of benzene rings is 1. The zero-order valence-corrected chi connectivity index (χ0v) is 20.4. The van der Waals surface area contributed by atoms with Gasteiger partial charge in [0.15, 0.2) is 0 Å². The SMILES string of the molecule is CCN(C(=O)CNC(=O)OC(C)(C)C)C(C(=O)NC1CCCCC1)c1cccc(C)c1C. The van der Waals surface area contributed by atoms with Crippen molar-refractivity contribution in [2.75, 3.05) is 13.1 Å². The van der Waals surface area contributed by atoms with E-state index in [4.69, 9.17) is 4.74 Å². The van der Waals surface area contributed by atoms with E-state index < -0.39 is 17.7 Å². The predicted octanol–water partition coefficient (Wildman–Crippen LogP) is 4.17. The fourth-order valence-electron chi connectivity index (χ4n) is 4.11. The van der Waals surface area contributed by atoms with E-state index in [9.17, 15) is 14.4 Å². The summed E-state index contributed by atoms with van der Waals surface area (Å²) in [5.41, 5.74) is 2.21. The van der Waals surface area contributed by atoms with Gasteiger partial charge in [-0.25, -0.2) is 4.79 Å². The minimum atomic E-state index is -0.755. The molecule has 0 aliphatic heterocycles. The van der Waals surface area contributed by atoms with Gasteiger partial charge in [0.05, 0.1) is 0 Å². The highest BCUT2D eigenvalue weighted by molar-refractivity contribution is 5.90. The molecule has 1 fully saturated rings. The molecule has 1 unspecified atom stereocenters. The fraction of sp³-hybridized carbons (Fsp3) is 0.640. The van der Waals surface area contributed by atoms with Gasteiger partial charge in [-0.2, -0.15) is 0 Å². The molecule has 178 valence electrons. The zero-order chi connectivity index (χ0) is 23.9. The molecule has 1 atom stereocenters. The second-order valence-corrected chi connectivity index (χ2v) is 9.57. The van der Waals surface area contributed by atoms with Gasteiger partial charge in [-0.15, -0.1) is 0 Å². The number of likely N-dealkylation sites (N-methyl/N-ethyl adjacent to an activating group) is 1. The lowest BCUT2D eigenvalue weighted by atomic mass is 9.93. The van der Waals surface area contributed by atoms with E-state index >= 15 is 0 Å². The van der Waals surface area contributed by atoms with Gasteiger partial charge in [0.1, 0.15) is 18.2 Å². The molecule has 1 aromatic rings. The van der Waals surface area contributed by atoms with Gasteiger partial charge in [-0.3, -0.25) is 9.59 Å². The number of hydrogen-bond acceptors (Lipinski definition) is 4. The van der Waals surface area contributed by atoms with Crippen LogP contribution in [0.1, 0.15) is 82.5 Å². The first-order valence-corrected chi connectivity index (χ1v) is 11.7. The third-order valence-electron chi connectivity index (χ3n) is 5.90. The minimum Gasteiger partial charge on any atom is -0.444 e. The number of aryl methyl sites for hydroxylation is 1. The lowest BCUT2D eigenvalue weighted by molar-refractivity contribution is -0.140. The van der Waals surface area contributed by atoms with Gasteiger partial charge in [0.2, 0.25) is 11.8 Å². The van der Waals surface area contributed by atoms with Crippen molar-refractivity contribution in [3.8, 4) is 0 Å². The zero-order valence-electron chi connectivity index (χ0n) is 20.4. The molecule has 32 heavy (non-hydrogen) atoms. The number of nitrogens with one attached hydrogen (secondary N) is 2. The number of rotatable bonds is 7. The van der Waals surface area contributed by atoms with Crippen LogP contribution in [-0.4, -0.2) is 47.5 Å². The van der Waals surface area contributed by atoms with Crippen molar-refractivity contribution in [2.24, 2.45) is 0 Å². The van der Waals surface area contributed by atoms with Crippen molar-refractivity contribution in [3.05, 3.63) is 34.9 Å². The highest BCUT2D eigenvalue weighted by atomic mass is 16.6. The minimum absolute atomic E-state index is 0.137. The molecule has 1 saturated carbocycles. The molecule has 1 aliphatic rings. The Bertz CT molecular complexity index is 810. The molecule has 0 aromatic heterocycles. The van der Waals surface area contributed by atoms with Crippen LogP contribution in [0.5, 0.6) is 0 Å². The van der Waals surface area contributed by atoms with Crippen LogP contribution in [0, 0.1) is 13.8 Å². The monoisotopic (exact) mass is 445 g/mol. The van der Waals surface area contributed by atoms with Crippen LogP contribution < -0.4 is 10.6 Å². The van der Waals surface area contributed by atoms with Crippen molar-refractivity contribution in [1.29, 1.82) is 0 Å². The van der Waals surface area contributed by atoms with E-state index in [1.165, 1.54) is 11.3 Å². The summed E-state index contributed by atoms with van der Waals surface area (Å²) in [7, 11) is 0. The lowest BCUT2D eigenvalue weighted by Gasteiger charge is -2.33. The van der Waals surface area contributed by atoms with Gasteiger partial charge >= 0.3 is 6.09 Å². The van der Waals surface area contributed by atoms with Gasteiger partial charge in [-0.05, 0) is 71.1 Å². The van der Waals surface area contributed by atoms with Gasteiger partial charge in [-0.1, -0.05) is 37.5 Å². The van der Waals surface area contributed by atoms with Crippen LogP contribution in [0.3, 0.4) is 0 Å². The Hall–Kier alpha value is -2.57. The first kappa shape index (κ1) is 25.7. The Balaban J connectivity index is 2.25. The number of hydrogen-bond donors (Lipinski definition) is 2. The largest absolute Gasteiger partial charge is 0.444 e. The number of ether oxygens (including phenoxy) is 1. The quantitative estimate of drug-likeness (QED) is 0.659. The summed E-state index contributed by atoms with van der Waals surface area (Å²) in [6.45, 7) is 11.2. The highest BCUT2D eigenvalue weighted by Gasteiger charge is 2.33. The second-order valence-electron chi connectivity index (χ2n) is 9.57. The number of carbonyl (C=O) groups excluding carboxylic acids is 3. The van der Waals surface area contributed by atoms with Crippen molar-refractivity contribution in [3.63, 3.8) is 0 Å². The Morgan fingerprint density at radius 1 is 1.12 bits per heavy atom. The summed E-state index contributed by atoms with van der Waals surface area (Å²) in [5.74, 6) is -0.499. The van der Waals surface area contributed by atoms with E-state index in [0.717, 1.165) is 42.4 Å². The summed E-state index contributed by atoms with van der Waals surface area (Å²) in [5, 5.41) is 5.71. The summed E-state index contributed by atoms with van der Waals surface area (Å²) in [4.78, 5) is 40.2. The van der Waals surface area contributed by atoms with E-state index in [2.05, 4.69) is 10.6 Å². The molecule has 2 rings (SSSR count). The van der Waals surface area contributed by atoms with Crippen molar-refractivity contribution in [1.82, 2.24) is 15.5 Å². The standard InChI is InChI=1S/C25H39N3O4/c1-7-28(21(29)16-26-24(31)32-25(4,5)6)22(20-15-11-12-17(2)18(20)3)23(30)27-19-13-9-8-10-14-19/h11-12,15,19,22H,7-10,13-14,16H2,1-6H3,(H,26,31)(H,27,30). The molecule has 7 nitrogen and oxygen atoms in total. The van der Waals surface area contributed by atoms with Crippen LogP contribution in [0.25, 0.3) is 0 Å². The van der Waals surface area contributed by atoms with Gasteiger partial charge < -0.3 is 20.3 Å². The van der Waals surface area contributed by atoms with Crippen molar-refractivity contribution in [2.45, 2.75) is 91.3 Å². The lowest BCUT2D eigenvalue weighted by Crippen LogP contribution is -2.49. The van der Waals surface area contributed by atoms with Crippen LogP contribution in [-0.2, 0) is 14.3 Å². The molecule has 0 heterocycles. The maximum Gasteiger partial charge on any atom is 0.408 e. The van der Waals surface area contributed by atoms with Crippen LogP contribution in [0.15, 0.2) is 18.2 Å². The van der Waals surface area contributed by atoms with Crippen LogP contribution in [0.2, 0.25) is 0 Å². The number of amides is 3. The summed E-state index contributed by atoms with van der Waals surface area (Å²) < 4.78 is 5.23. The highest BCUT2D eigenvalue weighted by Crippen LogP contribution is 2.27. The average Bonchev–Trinajstić information content (AvgIpc) is 2.72. The molecule has 2 N–H and O–H groups in total. The topological polar surface area (TPSA) is 87.7 Å². The maximum absolute atomic E-state index is 13.5. The van der Waals surface area contributed by atoms with E-state index in [-0.39, 0.29) is 24.4 Å². The second kappa shape index (κ2) is 11.3. The maximum atomic E-state index is 13.5. The predicted molar refractivity (Wildman–Crippen MR) is 125 cm³/mol. The van der Waals surface area contributed by atoms with E-state index in [0.29, 0.717) is 6.54 Å². The number of alkyl carbamates (subject to hydrolysis) is 1. The average molecular weight is 446 g/mol. The third kappa shape index (κ3) is 7.24. The molecule has 0 saturated heterocycles. The molecular formula is C25H39N3O4. The Labute approximate surface area is 192 Å². The van der Waals surface area contributed by atoms with E-state index in [1.807, 2.05) is 39.0 Å². The molecule has 3 amide bonds. The summed E-state index contributed by atoms with van der Waals surface area (Å²) in [6.07, 6.45) is 4.68. The molecule has 0 spiro atoms. The van der Waals surface area contributed by atoms with Crippen molar-refractivity contribution < 1.29 is 19.1 Å². The molecular weight excluding hydrogens is 406 g/mol. The smallest absolute Gasteiger partial charge is 0.408 e. The van der Waals surface area contributed by atoms with Gasteiger partial charge in [0.25, 0.3) is 0 Å². The fourth-order valence-corrected chi connectivity index (χ4v) is 4.11. The number of nitrogens with zero attached hydrogens (tertiary/aromatic N) is 1. The molecule has 0 bridgehead atoms. The van der Waals surface area contributed by atoms with Gasteiger partial charge in [0, 0.05) is 12.6 Å². The Kier molecular flexibility index (Phi) is 9.10. The summed E-state index contributed by atoms with van der Waals surface area (Å²) in [6, 6.07) is 5.20. The van der Waals surface area contributed by atoms with Crippen molar-refractivity contribution >= 4 is 17.9 Å². The molecule has 1 aliphatic carbocycles.